The highest BCUT2D eigenvalue weighted by molar-refractivity contribution is 5.85. The Labute approximate surface area is 74.5 Å². The minimum absolute atomic E-state index is 0.0692. The van der Waals surface area contributed by atoms with E-state index in [4.69, 9.17) is 5.73 Å². The number of hydrogen-bond acceptors (Lipinski definition) is 2. The third kappa shape index (κ3) is 4.46. The van der Waals surface area contributed by atoms with Gasteiger partial charge in [-0.1, -0.05) is 13.8 Å². The molecular formula is C9H21N2O+. The average molecular weight is 173 g/mol. The molecule has 0 aliphatic carbocycles. The zero-order valence-electron chi connectivity index (χ0n) is 8.18. The van der Waals surface area contributed by atoms with Gasteiger partial charge < -0.3 is 11.5 Å². The molecule has 0 rings (SSSR count). The Morgan fingerprint density at radius 2 is 2.00 bits per heavy atom. The lowest BCUT2D eigenvalue weighted by Gasteiger charge is -2.11. The van der Waals surface area contributed by atoms with Crippen molar-refractivity contribution in [3.63, 3.8) is 0 Å². The normalized spacial score (nSPS) is 13.4. The maximum atomic E-state index is 11.3. The second-order valence-corrected chi connectivity index (χ2v) is 3.51. The largest absolute Gasteiger partial charge is 0.358 e. The molecule has 3 heteroatoms. The van der Waals surface area contributed by atoms with Crippen molar-refractivity contribution in [2.24, 2.45) is 11.7 Å². The number of unbranched alkanes of at least 4 members (excludes halogenated alkanes) is 1. The molecule has 0 heterocycles. The first-order valence-electron chi connectivity index (χ1n) is 4.68. The van der Waals surface area contributed by atoms with Gasteiger partial charge in [-0.15, -0.1) is 0 Å². The van der Waals surface area contributed by atoms with E-state index in [1.165, 1.54) is 0 Å². The van der Waals surface area contributed by atoms with Crippen LogP contribution in [0.5, 0.6) is 0 Å². The number of carbonyl (C=O) groups is 1. The average Bonchev–Trinajstić information content (AvgIpc) is 2.03. The van der Waals surface area contributed by atoms with Crippen LogP contribution in [0.1, 0.15) is 33.1 Å². The predicted octanol–water partition coefficient (Wildman–Crippen LogP) is -0.0490. The van der Waals surface area contributed by atoms with Gasteiger partial charge in [0.25, 0.3) is 0 Å². The molecule has 1 atom stereocenters. The lowest BCUT2D eigenvalue weighted by atomic mass is 9.98. The summed E-state index contributed by atoms with van der Waals surface area (Å²) in [5.74, 6) is 0.249. The van der Waals surface area contributed by atoms with Crippen LogP contribution in [-0.2, 0) is 4.79 Å². The second kappa shape index (κ2) is 6.14. The minimum atomic E-state index is -0.253. The standard InChI is InChI=1S/C9H20N2O/c1-7(2)9(12)8(11)5-3-4-6-10/h7-8H,3-6,10-11H2,1-2H3/p+1. The minimum Gasteiger partial charge on any atom is -0.358 e. The number of quaternary nitrogens is 1. The highest BCUT2D eigenvalue weighted by Crippen LogP contribution is 2.04. The van der Waals surface area contributed by atoms with Crippen LogP contribution in [0.2, 0.25) is 0 Å². The fraction of sp³-hybridized carbons (Fsp3) is 0.889. The third-order valence-electron chi connectivity index (χ3n) is 1.95. The molecule has 0 aliphatic heterocycles. The van der Waals surface area contributed by atoms with E-state index in [2.05, 4.69) is 5.73 Å². The van der Waals surface area contributed by atoms with Crippen LogP contribution in [0.3, 0.4) is 0 Å². The molecular weight excluding hydrogens is 152 g/mol. The molecule has 3 nitrogen and oxygen atoms in total. The molecule has 72 valence electrons. The van der Waals surface area contributed by atoms with Gasteiger partial charge in [0.2, 0.25) is 0 Å². The van der Waals surface area contributed by atoms with Gasteiger partial charge in [0.1, 0.15) is 0 Å². The summed E-state index contributed by atoms with van der Waals surface area (Å²) < 4.78 is 0. The van der Waals surface area contributed by atoms with Crippen molar-refractivity contribution in [2.75, 3.05) is 6.54 Å². The predicted molar refractivity (Wildman–Crippen MR) is 49.4 cm³/mol. The first-order valence-corrected chi connectivity index (χ1v) is 4.68. The summed E-state index contributed by atoms with van der Waals surface area (Å²) in [6, 6.07) is -0.253. The van der Waals surface area contributed by atoms with Crippen LogP contribution < -0.4 is 11.5 Å². The van der Waals surface area contributed by atoms with Crippen molar-refractivity contribution in [3.05, 3.63) is 0 Å². The van der Waals surface area contributed by atoms with E-state index in [-0.39, 0.29) is 17.7 Å². The Balaban J connectivity index is 3.57. The van der Waals surface area contributed by atoms with E-state index < -0.39 is 0 Å². The topological polar surface area (TPSA) is 70.7 Å². The maximum Gasteiger partial charge on any atom is 0.152 e. The van der Waals surface area contributed by atoms with E-state index in [1.54, 1.807) is 0 Å². The molecule has 0 aliphatic rings. The number of rotatable bonds is 6. The Hall–Kier alpha value is -0.410. The molecule has 1 unspecified atom stereocenters. The van der Waals surface area contributed by atoms with Gasteiger partial charge in [0, 0.05) is 5.92 Å². The first-order chi connectivity index (χ1) is 5.59. The molecule has 0 radical (unpaired) electrons. The van der Waals surface area contributed by atoms with E-state index in [0.717, 1.165) is 25.8 Å². The van der Waals surface area contributed by atoms with Gasteiger partial charge in [-0.05, 0) is 19.3 Å². The Morgan fingerprint density at radius 3 is 2.42 bits per heavy atom. The molecule has 0 amide bonds. The number of ketones is 1. The summed E-state index contributed by atoms with van der Waals surface area (Å²) in [6.45, 7) is 4.72. The lowest BCUT2D eigenvalue weighted by Crippen LogP contribution is -2.50. The molecule has 0 saturated carbocycles. The van der Waals surface area contributed by atoms with Gasteiger partial charge in [0.05, 0.1) is 12.6 Å². The van der Waals surface area contributed by atoms with Crippen molar-refractivity contribution in [3.8, 4) is 0 Å². The van der Waals surface area contributed by atoms with Crippen LogP contribution in [0, 0.1) is 5.92 Å². The molecule has 0 fully saturated rings. The fourth-order valence-electron chi connectivity index (χ4n) is 1.11. The molecule has 12 heavy (non-hydrogen) atoms. The van der Waals surface area contributed by atoms with Crippen molar-refractivity contribution >= 4 is 5.78 Å². The van der Waals surface area contributed by atoms with Crippen LogP contribution in [0.4, 0.5) is 0 Å². The van der Waals surface area contributed by atoms with Crippen LogP contribution in [0.15, 0.2) is 0 Å². The van der Waals surface area contributed by atoms with Gasteiger partial charge in [-0.2, -0.15) is 0 Å². The van der Waals surface area contributed by atoms with E-state index in [9.17, 15) is 4.79 Å². The third-order valence-corrected chi connectivity index (χ3v) is 1.95. The summed E-state index contributed by atoms with van der Waals surface area (Å²) in [5.41, 5.74) is 9.43. The number of nitrogens with two attached hydrogens (primary N) is 1. The van der Waals surface area contributed by atoms with Crippen molar-refractivity contribution in [1.29, 1.82) is 0 Å². The Kier molecular flexibility index (Phi) is 5.93. The summed E-state index contributed by atoms with van der Waals surface area (Å²) in [6.07, 6.45) is 2.90. The molecule has 0 bridgehead atoms. The molecule has 0 aromatic heterocycles. The number of hydrogen-bond donors (Lipinski definition) is 2. The smallest absolute Gasteiger partial charge is 0.152 e. The second-order valence-electron chi connectivity index (χ2n) is 3.51. The van der Waals surface area contributed by atoms with Crippen LogP contribution in [0.25, 0.3) is 0 Å². The number of carbonyl (C=O) groups excluding carboxylic acids is 1. The van der Waals surface area contributed by atoms with Gasteiger partial charge in [0.15, 0.2) is 5.78 Å². The summed E-state index contributed by atoms with van der Waals surface area (Å²) in [5, 5.41) is 0. The zero-order chi connectivity index (χ0) is 9.56. The van der Waals surface area contributed by atoms with E-state index in [1.807, 2.05) is 13.8 Å². The maximum absolute atomic E-state index is 11.3. The summed E-state index contributed by atoms with van der Waals surface area (Å²) in [4.78, 5) is 11.3. The van der Waals surface area contributed by atoms with E-state index in [0.29, 0.717) is 0 Å². The van der Waals surface area contributed by atoms with Crippen molar-refractivity contribution in [1.82, 2.24) is 0 Å². The van der Waals surface area contributed by atoms with Crippen molar-refractivity contribution < 1.29 is 10.5 Å². The van der Waals surface area contributed by atoms with Gasteiger partial charge in [-0.3, -0.25) is 4.79 Å². The monoisotopic (exact) mass is 173 g/mol. The van der Waals surface area contributed by atoms with Gasteiger partial charge >= 0.3 is 0 Å². The van der Waals surface area contributed by atoms with Crippen molar-refractivity contribution in [2.45, 2.75) is 39.2 Å². The molecule has 0 saturated heterocycles. The first kappa shape index (κ1) is 11.6. The van der Waals surface area contributed by atoms with Gasteiger partial charge in [-0.25, -0.2) is 0 Å². The lowest BCUT2D eigenvalue weighted by molar-refractivity contribution is -0.368. The quantitative estimate of drug-likeness (QED) is 0.553. The molecule has 0 spiro atoms. The summed E-state index contributed by atoms with van der Waals surface area (Å²) in [7, 11) is 0. The van der Waals surface area contributed by atoms with Crippen LogP contribution in [-0.4, -0.2) is 18.4 Å². The molecule has 5 N–H and O–H groups in total. The molecule has 0 aromatic rings. The van der Waals surface area contributed by atoms with E-state index >= 15 is 0 Å². The highest BCUT2D eigenvalue weighted by atomic mass is 16.1. The Bertz CT molecular complexity index is 134. The highest BCUT2D eigenvalue weighted by Gasteiger charge is 2.15. The fourth-order valence-corrected chi connectivity index (χ4v) is 1.11. The SMILES string of the molecule is CC(C)C(=O)C(N)CCCC[NH3+]. The summed E-state index contributed by atoms with van der Waals surface area (Å²) >= 11 is 0. The van der Waals surface area contributed by atoms with Crippen LogP contribution >= 0.6 is 0 Å². The zero-order valence-corrected chi connectivity index (χ0v) is 8.18. The number of Topliss-reactive ketones (excluding diaryl/α,β-unsaturated/α-hetero) is 1. The molecule has 0 aromatic carbocycles. The Morgan fingerprint density at radius 1 is 1.42 bits per heavy atom.